The van der Waals surface area contributed by atoms with Crippen LogP contribution < -0.4 is 0 Å². The number of alkyl halides is 3. The number of halogens is 3. The summed E-state index contributed by atoms with van der Waals surface area (Å²) >= 11 is 0. The van der Waals surface area contributed by atoms with Crippen LogP contribution in [-0.4, -0.2) is 4.98 Å². The van der Waals surface area contributed by atoms with Gasteiger partial charge in [0.05, 0.1) is 11.3 Å². The molecule has 0 fully saturated rings. The Bertz CT molecular complexity index is 2100. The van der Waals surface area contributed by atoms with Gasteiger partial charge in [0.2, 0.25) is 0 Å². The highest BCUT2D eigenvalue weighted by molar-refractivity contribution is 6.19. The van der Waals surface area contributed by atoms with E-state index in [9.17, 15) is 13.2 Å². The summed E-state index contributed by atoms with van der Waals surface area (Å²) in [5.41, 5.74) is 5.28. The highest BCUT2D eigenvalue weighted by Gasteiger charge is 2.33. The number of fused-ring (bicyclic) bond motifs is 6. The molecule has 4 heteroatoms. The van der Waals surface area contributed by atoms with Gasteiger partial charge in [-0.15, -0.1) is 0 Å². The van der Waals surface area contributed by atoms with Gasteiger partial charge in [-0.05, 0) is 98.1 Å². The molecule has 1 aromatic heterocycles. The van der Waals surface area contributed by atoms with E-state index < -0.39 is 11.7 Å². The molecule has 0 atom stereocenters. The highest BCUT2D eigenvalue weighted by atomic mass is 19.4. The van der Waals surface area contributed by atoms with Gasteiger partial charge < -0.3 is 0 Å². The van der Waals surface area contributed by atoms with Crippen molar-refractivity contribution in [2.24, 2.45) is 0 Å². The van der Waals surface area contributed by atoms with Crippen molar-refractivity contribution >= 4 is 43.1 Å². The molecule has 0 aliphatic rings. The lowest BCUT2D eigenvalue weighted by Crippen LogP contribution is -2.06. The van der Waals surface area contributed by atoms with Crippen molar-refractivity contribution in [3.8, 4) is 22.4 Å². The minimum atomic E-state index is -4.47. The molecule has 0 N–H and O–H groups in total. The zero-order valence-corrected chi connectivity index (χ0v) is 22.0. The average Bonchev–Trinajstić information content (AvgIpc) is 2.95. The maximum absolute atomic E-state index is 14.0. The molecule has 0 amide bonds. The summed E-state index contributed by atoms with van der Waals surface area (Å²) in [5.74, 6) is 0. The van der Waals surface area contributed by atoms with Crippen LogP contribution in [0.4, 0.5) is 13.2 Å². The van der Waals surface area contributed by atoms with Gasteiger partial charge in [-0.1, -0.05) is 78.9 Å². The van der Waals surface area contributed by atoms with Crippen LogP contribution >= 0.6 is 0 Å². The Hall–Kier alpha value is -4.70. The molecule has 0 unspecified atom stereocenters. The fourth-order valence-corrected chi connectivity index (χ4v) is 6.15. The van der Waals surface area contributed by atoms with Crippen LogP contribution in [0, 0.1) is 13.8 Å². The summed E-state index contributed by atoms with van der Waals surface area (Å²) in [4.78, 5) is 4.57. The normalized spacial score (nSPS) is 12.1. The zero-order valence-electron chi connectivity index (χ0n) is 22.0. The van der Waals surface area contributed by atoms with Crippen molar-refractivity contribution < 1.29 is 13.2 Å². The molecule has 40 heavy (non-hydrogen) atoms. The van der Waals surface area contributed by atoms with Gasteiger partial charge in [-0.25, -0.2) is 0 Å². The molecule has 0 radical (unpaired) electrons. The smallest absolute Gasteiger partial charge is 0.256 e. The first-order valence-corrected chi connectivity index (χ1v) is 13.2. The number of benzene rings is 6. The molecule has 194 valence electrons. The predicted octanol–water partition coefficient (Wildman–Crippen LogP) is 10.7. The number of hydrogen-bond donors (Lipinski definition) is 0. The minimum Gasteiger partial charge on any atom is -0.256 e. The topological polar surface area (TPSA) is 12.9 Å². The summed E-state index contributed by atoms with van der Waals surface area (Å²) in [6.07, 6.45) is -2.78. The van der Waals surface area contributed by atoms with E-state index in [-0.39, 0.29) is 5.39 Å². The fraction of sp³-hybridized carbons (Fsp3) is 0.0833. The Morgan fingerprint density at radius 2 is 1.15 bits per heavy atom. The number of pyridine rings is 1. The van der Waals surface area contributed by atoms with Gasteiger partial charge in [-0.3, -0.25) is 4.98 Å². The van der Waals surface area contributed by atoms with Gasteiger partial charge in [-0.2, -0.15) is 13.2 Å². The lowest BCUT2D eigenvalue weighted by molar-refractivity contribution is -0.136. The predicted molar refractivity (Wildman–Crippen MR) is 160 cm³/mol. The Labute approximate surface area is 229 Å². The highest BCUT2D eigenvalue weighted by Crippen LogP contribution is 2.41. The molecule has 0 saturated carbocycles. The van der Waals surface area contributed by atoms with Gasteiger partial charge in [0.25, 0.3) is 0 Å². The molecule has 7 rings (SSSR count). The summed E-state index contributed by atoms with van der Waals surface area (Å²) in [5, 5.41) is 6.95. The molecule has 0 aliphatic carbocycles. The first kappa shape index (κ1) is 24.3. The lowest BCUT2D eigenvalue weighted by Gasteiger charge is -2.15. The first-order chi connectivity index (χ1) is 19.3. The number of aromatic nitrogens is 1. The lowest BCUT2D eigenvalue weighted by atomic mass is 9.91. The Balaban J connectivity index is 1.44. The molecule has 6 aromatic carbocycles. The minimum absolute atomic E-state index is 0.191. The van der Waals surface area contributed by atoms with Crippen LogP contribution in [0.5, 0.6) is 0 Å². The van der Waals surface area contributed by atoms with Crippen molar-refractivity contribution in [3.05, 3.63) is 126 Å². The van der Waals surface area contributed by atoms with Gasteiger partial charge in [0, 0.05) is 17.1 Å². The second kappa shape index (κ2) is 8.92. The number of aryl methyl sites for hydroxylation is 2. The Morgan fingerprint density at radius 1 is 0.525 bits per heavy atom. The SMILES string of the molecule is Cc1cccc(C)c1-c1ccc2c(ccc3c4ccnc(-c5cc(C(F)(F)F)c6ccccc6c5)c4ccc23)c1. The van der Waals surface area contributed by atoms with Crippen molar-refractivity contribution in [2.45, 2.75) is 20.0 Å². The zero-order chi connectivity index (χ0) is 27.6. The van der Waals surface area contributed by atoms with Crippen LogP contribution in [0.2, 0.25) is 0 Å². The molecule has 0 saturated heterocycles. The van der Waals surface area contributed by atoms with E-state index in [1.54, 1.807) is 30.5 Å². The molecular formula is C36H24F3N. The largest absolute Gasteiger partial charge is 0.417 e. The van der Waals surface area contributed by atoms with Crippen LogP contribution in [0.25, 0.3) is 65.5 Å². The van der Waals surface area contributed by atoms with E-state index in [2.05, 4.69) is 73.4 Å². The molecule has 0 spiro atoms. The molecule has 0 bridgehead atoms. The van der Waals surface area contributed by atoms with E-state index in [1.807, 2.05) is 12.1 Å². The summed E-state index contributed by atoms with van der Waals surface area (Å²) in [7, 11) is 0. The summed E-state index contributed by atoms with van der Waals surface area (Å²) in [6.45, 7) is 4.27. The molecular weight excluding hydrogens is 503 g/mol. The monoisotopic (exact) mass is 527 g/mol. The first-order valence-electron chi connectivity index (χ1n) is 13.2. The van der Waals surface area contributed by atoms with Crippen LogP contribution in [-0.2, 0) is 6.18 Å². The third-order valence-corrected chi connectivity index (χ3v) is 7.97. The Morgan fingerprint density at radius 3 is 1.95 bits per heavy atom. The summed E-state index contributed by atoms with van der Waals surface area (Å²) in [6, 6.07) is 32.8. The van der Waals surface area contributed by atoms with Crippen molar-refractivity contribution in [1.29, 1.82) is 0 Å². The molecule has 1 heterocycles. The van der Waals surface area contributed by atoms with Crippen molar-refractivity contribution in [3.63, 3.8) is 0 Å². The van der Waals surface area contributed by atoms with E-state index in [4.69, 9.17) is 0 Å². The van der Waals surface area contributed by atoms with Crippen molar-refractivity contribution in [2.75, 3.05) is 0 Å². The molecule has 0 aliphatic heterocycles. The number of nitrogens with zero attached hydrogens (tertiary/aromatic N) is 1. The van der Waals surface area contributed by atoms with E-state index in [0.29, 0.717) is 16.6 Å². The van der Waals surface area contributed by atoms with Crippen LogP contribution in [0.15, 0.2) is 109 Å². The number of rotatable bonds is 2. The van der Waals surface area contributed by atoms with Crippen molar-refractivity contribution in [1.82, 2.24) is 4.98 Å². The third-order valence-electron chi connectivity index (χ3n) is 7.97. The molecule has 7 aromatic rings. The van der Waals surface area contributed by atoms with Gasteiger partial charge >= 0.3 is 6.18 Å². The third kappa shape index (κ3) is 3.83. The second-order valence-corrected chi connectivity index (χ2v) is 10.4. The quantitative estimate of drug-likeness (QED) is 0.204. The van der Waals surface area contributed by atoms with E-state index >= 15 is 0 Å². The van der Waals surface area contributed by atoms with Crippen LogP contribution in [0.3, 0.4) is 0 Å². The van der Waals surface area contributed by atoms with Gasteiger partial charge in [0.15, 0.2) is 0 Å². The maximum atomic E-state index is 14.0. The second-order valence-electron chi connectivity index (χ2n) is 10.4. The average molecular weight is 528 g/mol. The summed E-state index contributed by atoms with van der Waals surface area (Å²) < 4.78 is 42.1. The standard InChI is InChI=1S/C36H24F3N/c1-21-6-5-7-22(2)34(21)25-11-12-27-24(18-25)10-13-30-29(27)14-15-32-31(30)16-17-40-35(32)26-19-23-8-3-4-9-28(23)33(20-26)36(37,38)39/h3-20H,1-2H3. The molecule has 1 nitrogen and oxygen atoms in total. The van der Waals surface area contributed by atoms with E-state index in [1.165, 1.54) is 34.4 Å². The van der Waals surface area contributed by atoms with E-state index in [0.717, 1.165) is 32.3 Å². The van der Waals surface area contributed by atoms with Gasteiger partial charge in [0.1, 0.15) is 0 Å². The Kier molecular flexibility index (Phi) is 5.43. The fourth-order valence-electron chi connectivity index (χ4n) is 6.15. The van der Waals surface area contributed by atoms with Crippen LogP contribution in [0.1, 0.15) is 16.7 Å². The maximum Gasteiger partial charge on any atom is 0.417 e. The number of hydrogen-bond acceptors (Lipinski definition) is 1.